The molecule has 1 heterocycles. The molecule has 0 unspecified atom stereocenters. The van der Waals surface area contributed by atoms with E-state index in [0.29, 0.717) is 20.6 Å². The largest absolute Gasteiger partial charge is 0.478 e. The van der Waals surface area contributed by atoms with Crippen molar-refractivity contribution >= 4 is 44.2 Å². The number of benzene rings is 2. The fourth-order valence-electron chi connectivity index (χ4n) is 2.06. The van der Waals surface area contributed by atoms with Gasteiger partial charge < -0.3 is 4.74 Å². The van der Waals surface area contributed by atoms with E-state index >= 15 is 0 Å². The first-order valence-corrected chi connectivity index (χ1v) is 8.36. The predicted molar refractivity (Wildman–Crippen MR) is 94.4 cm³/mol. The molecule has 24 heavy (non-hydrogen) atoms. The molecular formula is C17H14ClFN2O2S. The second-order valence-electron chi connectivity index (χ2n) is 5.63. The number of nitrogens with zero attached hydrogens (tertiary/aromatic N) is 1. The normalized spacial score (nSPS) is 11.5. The van der Waals surface area contributed by atoms with Gasteiger partial charge in [-0.3, -0.25) is 10.1 Å². The minimum Gasteiger partial charge on any atom is -0.478 e. The Kier molecular flexibility index (Phi) is 4.43. The number of carbonyl (C=O) groups is 1. The summed E-state index contributed by atoms with van der Waals surface area (Å²) >= 11 is 7.04. The van der Waals surface area contributed by atoms with E-state index in [4.69, 9.17) is 16.3 Å². The van der Waals surface area contributed by atoms with E-state index in [2.05, 4.69) is 10.3 Å². The van der Waals surface area contributed by atoms with Gasteiger partial charge in [-0.25, -0.2) is 9.37 Å². The van der Waals surface area contributed by atoms with Crippen molar-refractivity contribution in [2.45, 2.75) is 19.4 Å². The minimum absolute atomic E-state index is 0.245. The van der Waals surface area contributed by atoms with Gasteiger partial charge in [0.05, 0.1) is 4.70 Å². The number of hydrogen-bond donors (Lipinski definition) is 1. The Hall–Kier alpha value is -2.18. The first kappa shape index (κ1) is 16.7. The number of ether oxygens (including phenoxy) is 1. The molecule has 1 amide bonds. The van der Waals surface area contributed by atoms with Crippen molar-refractivity contribution in [3.05, 3.63) is 53.3 Å². The number of aromatic nitrogens is 1. The van der Waals surface area contributed by atoms with E-state index < -0.39 is 11.4 Å². The molecule has 1 N–H and O–H groups in total. The summed E-state index contributed by atoms with van der Waals surface area (Å²) in [6.45, 7) is 3.29. The number of carbonyl (C=O) groups excluding carboxylic acids is 1. The molecule has 7 heteroatoms. The van der Waals surface area contributed by atoms with Gasteiger partial charge in [-0.05, 0) is 50.2 Å². The van der Waals surface area contributed by atoms with Gasteiger partial charge in [0.15, 0.2) is 10.7 Å². The van der Waals surface area contributed by atoms with Crippen molar-refractivity contribution in [3.8, 4) is 5.75 Å². The van der Waals surface area contributed by atoms with Gasteiger partial charge in [-0.1, -0.05) is 29.0 Å². The van der Waals surface area contributed by atoms with Crippen LogP contribution < -0.4 is 10.1 Å². The van der Waals surface area contributed by atoms with Gasteiger partial charge in [0, 0.05) is 5.02 Å². The van der Waals surface area contributed by atoms with Crippen LogP contribution in [-0.2, 0) is 4.79 Å². The maximum absolute atomic E-state index is 13.7. The highest BCUT2D eigenvalue weighted by Gasteiger charge is 2.31. The fourth-order valence-corrected chi connectivity index (χ4v) is 3.06. The van der Waals surface area contributed by atoms with Crippen molar-refractivity contribution in [1.29, 1.82) is 0 Å². The van der Waals surface area contributed by atoms with E-state index in [9.17, 15) is 9.18 Å². The number of hydrogen-bond acceptors (Lipinski definition) is 4. The summed E-state index contributed by atoms with van der Waals surface area (Å²) in [4.78, 5) is 16.6. The molecule has 0 bridgehead atoms. The summed E-state index contributed by atoms with van der Waals surface area (Å²) in [6.07, 6.45) is 0. The van der Waals surface area contributed by atoms with Crippen LogP contribution in [0.4, 0.5) is 9.52 Å². The number of anilines is 1. The molecule has 0 aliphatic rings. The second-order valence-corrected chi connectivity index (χ2v) is 7.09. The van der Waals surface area contributed by atoms with Crippen LogP contribution in [0.1, 0.15) is 13.8 Å². The van der Waals surface area contributed by atoms with Crippen LogP contribution in [0.15, 0.2) is 42.5 Å². The molecule has 3 rings (SSSR count). The Labute approximate surface area is 147 Å². The second kappa shape index (κ2) is 6.37. The topological polar surface area (TPSA) is 51.2 Å². The van der Waals surface area contributed by atoms with Crippen LogP contribution in [-0.4, -0.2) is 16.5 Å². The molecule has 0 radical (unpaired) electrons. The molecule has 0 spiro atoms. The summed E-state index contributed by atoms with van der Waals surface area (Å²) in [7, 11) is 0. The van der Waals surface area contributed by atoms with Crippen molar-refractivity contribution in [2.75, 3.05) is 5.32 Å². The summed E-state index contributed by atoms with van der Waals surface area (Å²) in [5.74, 6) is -0.271. The molecule has 0 aliphatic heterocycles. The van der Waals surface area contributed by atoms with Crippen LogP contribution >= 0.6 is 22.9 Å². The van der Waals surface area contributed by atoms with Crippen LogP contribution in [0.2, 0.25) is 5.02 Å². The van der Waals surface area contributed by atoms with Gasteiger partial charge in [0.1, 0.15) is 17.1 Å². The van der Waals surface area contributed by atoms with Crippen molar-refractivity contribution < 1.29 is 13.9 Å². The summed E-state index contributed by atoms with van der Waals surface area (Å²) in [5, 5.41) is 3.59. The molecule has 0 atom stereocenters. The Morgan fingerprint density at radius 1 is 1.25 bits per heavy atom. The van der Waals surface area contributed by atoms with Gasteiger partial charge in [-0.15, -0.1) is 0 Å². The van der Waals surface area contributed by atoms with Gasteiger partial charge in [-0.2, -0.15) is 0 Å². The third-order valence-electron chi connectivity index (χ3n) is 3.32. The molecule has 3 aromatic rings. The summed E-state index contributed by atoms with van der Waals surface area (Å²) in [5.41, 5.74) is -0.890. The molecule has 0 fully saturated rings. The molecule has 0 saturated carbocycles. The third kappa shape index (κ3) is 3.49. The van der Waals surface area contributed by atoms with Crippen molar-refractivity contribution in [2.24, 2.45) is 0 Å². The quantitative estimate of drug-likeness (QED) is 0.717. The molecule has 124 valence electrons. The fraction of sp³-hybridized carbons (Fsp3) is 0.176. The summed E-state index contributed by atoms with van der Waals surface area (Å²) in [6, 6.07) is 11.4. The smallest absolute Gasteiger partial charge is 0.269 e. The lowest BCUT2D eigenvalue weighted by molar-refractivity contribution is -0.128. The van der Waals surface area contributed by atoms with Gasteiger partial charge >= 0.3 is 0 Å². The Bertz CT molecular complexity index is 893. The SMILES string of the molecule is CC(C)(Oc1ccc(Cl)cc1)C(=O)Nc1nc2c(F)cccc2s1. The lowest BCUT2D eigenvalue weighted by Gasteiger charge is -2.24. The number of para-hydroxylation sites is 1. The highest BCUT2D eigenvalue weighted by Crippen LogP contribution is 2.29. The summed E-state index contributed by atoms with van der Waals surface area (Å²) < 4.78 is 20.1. The van der Waals surface area contributed by atoms with Crippen LogP contribution in [0.25, 0.3) is 10.2 Å². The Balaban J connectivity index is 1.76. The molecule has 2 aromatic carbocycles. The van der Waals surface area contributed by atoms with Crippen molar-refractivity contribution in [3.63, 3.8) is 0 Å². The molecular weight excluding hydrogens is 351 g/mol. The lowest BCUT2D eigenvalue weighted by Crippen LogP contribution is -2.42. The minimum atomic E-state index is -1.13. The number of halogens is 2. The monoisotopic (exact) mass is 364 g/mol. The molecule has 1 aromatic heterocycles. The Morgan fingerprint density at radius 3 is 2.62 bits per heavy atom. The zero-order chi connectivity index (χ0) is 17.3. The molecule has 4 nitrogen and oxygen atoms in total. The predicted octanol–water partition coefficient (Wildman–Crippen LogP) is 4.88. The van der Waals surface area contributed by atoms with Crippen LogP contribution in [0.3, 0.4) is 0 Å². The molecule has 0 aliphatic carbocycles. The number of amides is 1. The number of thiazole rings is 1. The number of rotatable bonds is 4. The first-order chi connectivity index (χ1) is 11.3. The highest BCUT2D eigenvalue weighted by atomic mass is 35.5. The third-order valence-corrected chi connectivity index (χ3v) is 4.51. The van der Waals surface area contributed by atoms with E-state index in [1.54, 1.807) is 50.2 Å². The van der Waals surface area contributed by atoms with E-state index in [-0.39, 0.29) is 11.4 Å². The maximum atomic E-state index is 13.7. The van der Waals surface area contributed by atoms with E-state index in [1.807, 2.05) is 0 Å². The number of fused-ring (bicyclic) bond motifs is 1. The molecule has 0 saturated heterocycles. The lowest BCUT2D eigenvalue weighted by atomic mass is 10.1. The van der Waals surface area contributed by atoms with Crippen LogP contribution in [0, 0.1) is 5.82 Å². The average molecular weight is 365 g/mol. The van der Waals surface area contributed by atoms with E-state index in [1.165, 1.54) is 17.4 Å². The number of nitrogens with one attached hydrogen (secondary N) is 1. The highest BCUT2D eigenvalue weighted by molar-refractivity contribution is 7.22. The zero-order valence-electron chi connectivity index (χ0n) is 13.0. The van der Waals surface area contributed by atoms with Gasteiger partial charge in [0.25, 0.3) is 5.91 Å². The average Bonchev–Trinajstić information content (AvgIpc) is 2.93. The zero-order valence-corrected chi connectivity index (χ0v) is 14.5. The first-order valence-electron chi connectivity index (χ1n) is 7.16. The maximum Gasteiger partial charge on any atom is 0.269 e. The van der Waals surface area contributed by atoms with Crippen LogP contribution in [0.5, 0.6) is 5.75 Å². The van der Waals surface area contributed by atoms with Crippen molar-refractivity contribution in [1.82, 2.24) is 4.98 Å². The van der Waals surface area contributed by atoms with E-state index in [0.717, 1.165) is 0 Å². The standard InChI is InChI=1S/C17H14ClFN2O2S/c1-17(2,23-11-8-6-10(18)7-9-11)15(22)21-16-20-14-12(19)4-3-5-13(14)24-16/h3-9H,1-2H3,(H,20,21,22). The van der Waals surface area contributed by atoms with Gasteiger partial charge in [0.2, 0.25) is 0 Å². The Morgan fingerprint density at radius 2 is 1.96 bits per heavy atom.